The number of fused-ring (bicyclic) bond motifs is 1. The van der Waals surface area contributed by atoms with Crippen molar-refractivity contribution in [2.75, 3.05) is 27.2 Å². The quantitative estimate of drug-likeness (QED) is 0.853. The molecule has 2 aliphatic rings. The first kappa shape index (κ1) is 14.5. The average molecular weight is 275 g/mol. The molecule has 5 heteroatoms. The van der Waals surface area contributed by atoms with E-state index in [0.717, 1.165) is 11.1 Å². The van der Waals surface area contributed by atoms with Crippen LogP contribution in [-0.4, -0.2) is 53.8 Å². The topological polar surface area (TPSA) is 56.1 Å². The number of aliphatic hydroxyl groups excluding tert-OH is 1. The van der Waals surface area contributed by atoms with E-state index in [-0.39, 0.29) is 17.6 Å². The van der Waals surface area contributed by atoms with Crippen molar-refractivity contribution in [1.29, 1.82) is 0 Å². The lowest BCUT2D eigenvalue weighted by Crippen LogP contribution is -2.37. The molecular formula is C15H21N3O2. The van der Waals surface area contributed by atoms with E-state index in [4.69, 9.17) is 0 Å². The van der Waals surface area contributed by atoms with E-state index >= 15 is 0 Å². The predicted octanol–water partition coefficient (Wildman–Crippen LogP) is 1.71. The standard InChI is InChI=1S/C15H21N3O2/c1-10(2)12-5-7-16-14-13(19)11(9-17(3)4)6-8-18(14)15(12)20/h5-6,8,10,19H,7,9H2,1-4H3. The summed E-state index contributed by atoms with van der Waals surface area (Å²) >= 11 is 0. The fourth-order valence-corrected chi connectivity index (χ4v) is 2.29. The molecule has 0 aromatic rings. The second-order valence-electron chi connectivity index (χ2n) is 5.58. The Morgan fingerprint density at radius 2 is 2.15 bits per heavy atom. The zero-order valence-electron chi connectivity index (χ0n) is 12.4. The van der Waals surface area contributed by atoms with Gasteiger partial charge in [-0.25, -0.2) is 0 Å². The van der Waals surface area contributed by atoms with Gasteiger partial charge in [0, 0.05) is 23.9 Å². The summed E-state index contributed by atoms with van der Waals surface area (Å²) < 4.78 is 0. The molecule has 5 nitrogen and oxygen atoms in total. The minimum Gasteiger partial charge on any atom is -0.504 e. The van der Waals surface area contributed by atoms with Gasteiger partial charge in [-0.1, -0.05) is 19.9 Å². The van der Waals surface area contributed by atoms with Gasteiger partial charge in [0.25, 0.3) is 5.91 Å². The number of likely N-dealkylation sites (N-methyl/N-ethyl adjacent to an activating group) is 1. The minimum atomic E-state index is -0.108. The van der Waals surface area contributed by atoms with Gasteiger partial charge in [0.05, 0.1) is 6.54 Å². The molecule has 1 amide bonds. The third-order valence-electron chi connectivity index (χ3n) is 3.30. The SMILES string of the molecule is CC(C)C1=CCN=C2C(O)=C(CN(C)C)C=CN2C1=O. The third kappa shape index (κ3) is 2.67. The first-order chi connectivity index (χ1) is 9.41. The number of amidine groups is 1. The molecule has 108 valence electrons. The molecule has 1 N–H and O–H groups in total. The van der Waals surface area contributed by atoms with Crippen molar-refractivity contribution in [3.8, 4) is 0 Å². The summed E-state index contributed by atoms with van der Waals surface area (Å²) in [6.45, 7) is 4.98. The summed E-state index contributed by atoms with van der Waals surface area (Å²) in [4.78, 5) is 20.2. The van der Waals surface area contributed by atoms with Crippen LogP contribution in [0.2, 0.25) is 0 Å². The van der Waals surface area contributed by atoms with Gasteiger partial charge in [0.1, 0.15) is 0 Å². The first-order valence-corrected chi connectivity index (χ1v) is 6.75. The van der Waals surface area contributed by atoms with Crippen LogP contribution < -0.4 is 0 Å². The smallest absolute Gasteiger partial charge is 0.259 e. The predicted molar refractivity (Wildman–Crippen MR) is 79.4 cm³/mol. The van der Waals surface area contributed by atoms with E-state index in [9.17, 15) is 9.90 Å². The van der Waals surface area contributed by atoms with Gasteiger partial charge in [0.2, 0.25) is 0 Å². The fraction of sp³-hybridized carbons (Fsp3) is 0.467. The van der Waals surface area contributed by atoms with Crippen molar-refractivity contribution in [1.82, 2.24) is 9.80 Å². The Hall–Kier alpha value is -1.88. The zero-order valence-corrected chi connectivity index (χ0v) is 12.4. The second kappa shape index (κ2) is 5.63. The number of hydrogen-bond acceptors (Lipinski definition) is 4. The molecule has 0 fully saturated rings. The molecular weight excluding hydrogens is 254 g/mol. The van der Waals surface area contributed by atoms with Gasteiger partial charge in [-0.2, -0.15) is 0 Å². The largest absolute Gasteiger partial charge is 0.504 e. The van der Waals surface area contributed by atoms with Crippen molar-refractivity contribution in [3.63, 3.8) is 0 Å². The van der Waals surface area contributed by atoms with E-state index in [1.807, 2.05) is 38.9 Å². The maximum Gasteiger partial charge on any atom is 0.259 e. The molecule has 2 heterocycles. The van der Waals surface area contributed by atoms with E-state index in [0.29, 0.717) is 18.9 Å². The Bertz CT molecular complexity index is 539. The monoisotopic (exact) mass is 275 g/mol. The number of hydrogen-bond donors (Lipinski definition) is 1. The highest BCUT2D eigenvalue weighted by atomic mass is 16.3. The molecule has 0 aliphatic carbocycles. The van der Waals surface area contributed by atoms with Gasteiger partial charge in [-0.05, 0) is 26.1 Å². The van der Waals surface area contributed by atoms with Crippen molar-refractivity contribution in [2.45, 2.75) is 13.8 Å². The molecule has 0 saturated heterocycles. The summed E-state index contributed by atoms with van der Waals surface area (Å²) in [5.74, 6) is 0.469. The normalized spacial score (nSPS) is 19.3. The Labute approximate surface area is 119 Å². The summed E-state index contributed by atoms with van der Waals surface area (Å²) in [5, 5.41) is 10.3. The number of nitrogens with zero attached hydrogens (tertiary/aromatic N) is 3. The van der Waals surface area contributed by atoms with Crippen LogP contribution in [0.3, 0.4) is 0 Å². The number of carbonyl (C=O) groups is 1. The summed E-state index contributed by atoms with van der Waals surface area (Å²) in [5.41, 5.74) is 1.50. The second-order valence-corrected chi connectivity index (χ2v) is 5.58. The summed E-state index contributed by atoms with van der Waals surface area (Å²) in [7, 11) is 3.86. The van der Waals surface area contributed by atoms with Gasteiger partial charge in [-0.15, -0.1) is 0 Å². The number of aliphatic hydroxyl groups is 1. The maximum absolute atomic E-state index is 12.5. The van der Waals surface area contributed by atoms with Crippen LogP contribution in [-0.2, 0) is 4.79 Å². The van der Waals surface area contributed by atoms with Crippen molar-refractivity contribution in [2.24, 2.45) is 10.9 Å². The molecule has 0 saturated carbocycles. The van der Waals surface area contributed by atoms with Crippen LogP contribution in [0.1, 0.15) is 13.8 Å². The van der Waals surface area contributed by atoms with Crippen LogP contribution in [0, 0.1) is 5.92 Å². The van der Waals surface area contributed by atoms with Crippen LogP contribution in [0.5, 0.6) is 0 Å². The van der Waals surface area contributed by atoms with E-state index < -0.39 is 0 Å². The minimum absolute atomic E-state index is 0.0907. The molecule has 0 unspecified atom stereocenters. The Morgan fingerprint density at radius 1 is 1.45 bits per heavy atom. The van der Waals surface area contributed by atoms with E-state index in [2.05, 4.69) is 4.99 Å². The summed E-state index contributed by atoms with van der Waals surface area (Å²) in [6.07, 6.45) is 5.31. The summed E-state index contributed by atoms with van der Waals surface area (Å²) in [6, 6.07) is 0. The fourth-order valence-electron chi connectivity index (χ4n) is 2.29. The lowest BCUT2D eigenvalue weighted by molar-refractivity contribution is -0.122. The number of rotatable bonds is 3. The lowest BCUT2D eigenvalue weighted by Gasteiger charge is -2.26. The Balaban J connectivity index is 2.34. The van der Waals surface area contributed by atoms with Gasteiger partial charge in [0.15, 0.2) is 11.6 Å². The maximum atomic E-state index is 12.5. The van der Waals surface area contributed by atoms with E-state index in [1.165, 1.54) is 4.90 Å². The first-order valence-electron chi connectivity index (χ1n) is 6.75. The molecule has 0 bridgehead atoms. The van der Waals surface area contributed by atoms with Crippen LogP contribution in [0.4, 0.5) is 0 Å². The highest BCUT2D eigenvalue weighted by Gasteiger charge is 2.30. The van der Waals surface area contributed by atoms with Gasteiger partial charge in [-0.3, -0.25) is 14.7 Å². The van der Waals surface area contributed by atoms with E-state index in [1.54, 1.807) is 12.3 Å². The lowest BCUT2D eigenvalue weighted by atomic mass is 10.0. The third-order valence-corrected chi connectivity index (χ3v) is 3.30. The molecule has 2 rings (SSSR count). The van der Waals surface area contributed by atoms with Crippen molar-refractivity contribution >= 4 is 11.7 Å². The average Bonchev–Trinajstić information content (AvgIpc) is 2.52. The van der Waals surface area contributed by atoms with Gasteiger partial charge >= 0.3 is 0 Å². The molecule has 0 aromatic heterocycles. The molecule has 20 heavy (non-hydrogen) atoms. The van der Waals surface area contributed by atoms with Crippen LogP contribution in [0.15, 0.2) is 40.2 Å². The molecule has 0 spiro atoms. The zero-order chi connectivity index (χ0) is 14.9. The highest BCUT2D eigenvalue weighted by Crippen LogP contribution is 2.23. The van der Waals surface area contributed by atoms with Gasteiger partial charge < -0.3 is 10.0 Å². The Morgan fingerprint density at radius 3 is 2.75 bits per heavy atom. The molecule has 0 atom stereocenters. The van der Waals surface area contributed by atoms with Crippen LogP contribution >= 0.6 is 0 Å². The van der Waals surface area contributed by atoms with Crippen molar-refractivity contribution < 1.29 is 9.90 Å². The molecule has 0 radical (unpaired) electrons. The highest BCUT2D eigenvalue weighted by molar-refractivity contribution is 6.14. The number of carbonyl (C=O) groups excluding carboxylic acids is 1. The molecule has 2 aliphatic heterocycles. The number of aliphatic imine (C=N–C) groups is 1. The van der Waals surface area contributed by atoms with Crippen LogP contribution in [0.25, 0.3) is 0 Å². The molecule has 0 aromatic carbocycles. The number of amides is 1. The Kier molecular flexibility index (Phi) is 4.09. The van der Waals surface area contributed by atoms with Crippen molar-refractivity contribution in [3.05, 3.63) is 35.3 Å².